The number of thiophene rings is 1. The van der Waals surface area contributed by atoms with E-state index in [2.05, 4.69) is 39.1 Å². The molecular weight excluding hydrogens is 310 g/mol. The maximum atomic E-state index is 5.79. The second-order valence-corrected chi connectivity index (χ2v) is 6.73. The summed E-state index contributed by atoms with van der Waals surface area (Å²) in [6, 6.07) is 2.15. The third kappa shape index (κ3) is 6.89. The third-order valence-electron chi connectivity index (χ3n) is 4.02. The molecule has 1 aliphatic rings. The summed E-state index contributed by atoms with van der Waals surface area (Å²) in [6.45, 7) is 5.22. The highest BCUT2D eigenvalue weighted by Gasteiger charge is 2.13. The van der Waals surface area contributed by atoms with Gasteiger partial charge in [0.15, 0.2) is 5.96 Å². The van der Waals surface area contributed by atoms with E-state index in [0.29, 0.717) is 5.92 Å². The average Bonchev–Trinajstić information content (AvgIpc) is 3.08. The van der Waals surface area contributed by atoms with Crippen LogP contribution in [0.3, 0.4) is 0 Å². The summed E-state index contributed by atoms with van der Waals surface area (Å²) in [5, 5.41) is 7.68. The van der Waals surface area contributed by atoms with Gasteiger partial charge >= 0.3 is 0 Å². The first kappa shape index (κ1) is 18.2. The molecule has 2 heterocycles. The van der Waals surface area contributed by atoms with Crippen LogP contribution in [-0.4, -0.2) is 57.9 Å². The minimum atomic E-state index is 0.682. The molecule has 2 rings (SSSR count). The standard InChI is InChI=1S/C17H29N3O2S/c1-18-17(20(2)12-16-6-11-23-14-16)19-7-3-8-22-13-15-4-9-21-10-5-15/h6,11,14-15H,3-5,7-10,12-13H2,1-2H3,(H,18,19). The summed E-state index contributed by atoms with van der Waals surface area (Å²) in [5.41, 5.74) is 1.32. The van der Waals surface area contributed by atoms with Gasteiger partial charge in [0, 0.05) is 53.6 Å². The quantitative estimate of drug-likeness (QED) is 0.449. The van der Waals surface area contributed by atoms with Crippen LogP contribution in [0.25, 0.3) is 0 Å². The molecule has 5 nitrogen and oxygen atoms in total. The Morgan fingerprint density at radius 3 is 3.00 bits per heavy atom. The molecule has 0 aliphatic carbocycles. The van der Waals surface area contributed by atoms with Crippen molar-refractivity contribution in [3.8, 4) is 0 Å². The molecule has 23 heavy (non-hydrogen) atoms. The zero-order valence-electron chi connectivity index (χ0n) is 14.3. The second kappa shape index (κ2) is 10.6. The highest BCUT2D eigenvalue weighted by molar-refractivity contribution is 7.07. The van der Waals surface area contributed by atoms with Crippen molar-refractivity contribution in [2.75, 3.05) is 47.1 Å². The first-order valence-corrected chi connectivity index (χ1v) is 9.32. The molecule has 0 bridgehead atoms. The Labute approximate surface area is 143 Å². The molecule has 0 aromatic carbocycles. The minimum absolute atomic E-state index is 0.682. The van der Waals surface area contributed by atoms with E-state index in [9.17, 15) is 0 Å². The maximum Gasteiger partial charge on any atom is 0.193 e. The van der Waals surface area contributed by atoms with Crippen LogP contribution in [0.15, 0.2) is 21.8 Å². The van der Waals surface area contributed by atoms with E-state index >= 15 is 0 Å². The van der Waals surface area contributed by atoms with Gasteiger partial charge in [-0.05, 0) is 47.6 Å². The summed E-state index contributed by atoms with van der Waals surface area (Å²) in [7, 11) is 3.89. The summed E-state index contributed by atoms with van der Waals surface area (Å²) in [6.07, 6.45) is 3.27. The first-order valence-electron chi connectivity index (χ1n) is 8.38. The van der Waals surface area contributed by atoms with E-state index in [1.807, 2.05) is 7.05 Å². The Balaban J connectivity index is 1.54. The average molecular weight is 340 g/mol. The van der Waals surface area contributed by atoms with Crippen LogP contribution in [0, 0.1) is 5.92 Å². The summed E-state index contributed by atoms with van der Waals surface area (Å²) >= 11 is 1.73. The zero-order valence-corrected chi connectivity index (χ0v) is 15.1. The Kier molecular flexibility index (Phi) is 8.42. The summed E-state index contributed by atoms with van der Waals surface area (Å²) in [4.78, 5) is 6.48. The van der Waals surface area contributed by atoms with E-state index in [0.717, 1.165) is 64.7 Å². The van der Waals surface area contributed by atoms with Gasteiger partial charge in [-0.15, -0.1) is 0 Å². The van der Waals surface area contributed by atoms with Crippen molar-refractivity contribution >= 4 is 17.3 Å². The Bertz CT molecular complexity index is 445. The molecule has 1 aromatic heterocycles. The maximum absolute atomic E-state index is 5.79. The molecule has 6 heteroatoms. The van der Waals surface area contributed by atoms with Gasteiger partial charge in [0.25, 0.3) is 0 Å². The lowest BCUT2D eigenvalue weighted by molar-refractivity contribution is 0.0203. The van der Waals surface area contributed by atoms with Crippen LogP contribution >= 0.6 is 11.3 Å². The predicted octanol–water partition coefficient (Wildman–Crippen LogP) is 2.59. The van der Waals surface area contributed by atoms with Gasteiger partial charge in [-0.1, -0.05) is 0 Å². The molecule has 1 aliphatic heterocycles. The molecule has 1 N–H and O–H groups in total. The first-order chi connectivity index (χ1) is 11.3. The SMILES string of the molecule is CN=C(NCCCOCC1CCOCC1)N(C)Cc1ccsc1. The Morgan fingerprint density at radius 2 is 2.30 bits per heavy atom. The fraction of sp³-hybridized carbons (Fsp3) is 0.706. The number of nitrogens with one attached hydrogen (secondary N) is 1. The lowest BCUT2D eigenvalue weighted by Gasteiger charge is -2.22. The van der Waals surface area contributed by atoms with Crippen LogP contribution in [-0.2, 0) is 16.0 Å². The normalized spacial score (nSPS) is 16.5. The van der Waals surface area contributed by atoms with E-state index in [1.54, 1.807) is 11.3 Å². The van der Waals surface area contributed by atoms with Crippen molar-refractivity contribution < 1.29 is 9.47 Å². The van der Waals surface area contributed by atoms with Crippen LogP contribution in [0.4, 0.5) is 0 Å². The van der Waals surface area contributed by atoms with Crippen molar-refractivity contribution in [3.05, 3.63) is 22.4 Å². The predicted molar refractivity (Wildman–Crippen MR) is 96.1 cm³/mol. The lowest BCUT2D eigenvalue weighted by atomic mass is 10.0. The molecular formula is C17H29N3O2S. The van der Waals surface area contributed by atoms with Crippen molar-refractivity contribution in [2.24, 2.45) is 10.9 Å². The van der Waals surface area contributed by atoms with Crippen LogP contribution < -0.4 is 5.32 Å². The van der Waals surface area contributed by atoms with Gasteiger partial charge in [-0.25, -0.2) is 0 Å². The monoisotopic (exact) mass is 339 g/mol. The highest BCUT2D eigenvalue weighted by Crippen LogP contribution is 2.14. The van der Waals surface area contributed by atoms with E-state index in [1.165, 1.54) is 5.56 Å². The third-order valence-corrected chi connectivity index (χ3v) is 4.75. The second-order valence-electron chi connectivity index (χ2n) is 5.95. The van der Waals surface area contributed by atoms with Crippen molar-refractivity contribution in [1.29, 1.82) is 0 Å². The number of hydrogen-bond donors (Lipinski definition) is 1. The van der Waals surface area contributed by atoms with Crippen molar-refractivity contribution in [1.82, 2.24) is 10.2 Å². The van der Waals surface area contributed by atoms with Gasteiger partial charge in [0.2, 0.25) is 0 Å². The number of rotatable bonds is 8. The topological polar surface area (TPSA) is 46.1 Å². The van der Waals surface area contributed by atoms with Gasteiger partial charge < -0.3 is 19.7 Å². The zero-order chi connectivity index (χ0) is 16.3. The molecule has 0 spiro atoms. The molecule has 1 fully saturated rings. The molecule has 0 radical (unpaired) electrons. The van der Waals surface area contributed by atoms with Crippen molar-refractivity contribution in [2.45, 2.75) is 25.8 Å². The number of aliphatic imine (C=N–C) groups is 1. The fourth-order valence-electron chi connectivity index (χ4n) is 2.65. The summed E-state index contributed by atoms with van der Waals surface area (Å²) < 4.78 is 11.1. The van der Waals surface area contributed by atoms with Gasteiger partial charge in [-0.3, -0.25) is 4.99 Å². The fourth-order valence-corrected chi connectivity index (χ4v) is 3.31. The summed E-state index contributed by atoms with van der Waals surface area (Å²) in [5.74, 6) is 1.61. The number of ether oxygens (including phenoxy) is 2. The van der Waals surface area contributed by atoms with Crippen LogP contribution in [0.2, 0.25) is 0 Å². The van der Waals surface area contributed by atoms with Crippen molar-refractivity contribution in [3.63, 3.8) is 0 Å². The molecule has 0 saturated carbocycles. The molecule has 1 aromatic rings. The van der Waals surface area contributed by atoms with Gasteiger partial charge in [-0.2, -0.15) is 11.3 Å². The Morgan fingerprint density at radius 1 is 1.48 bits per heavy atom. The van der Waals surface area contributed by atoms with E-state index in [-0.39, 0.29) is 0 Å². The minimum Gasteiger partial charge on any atom is -0.381 e. The van der Waals surface area contributed by atoms with Crippen LogP contribution in [0.1, 0.15) is 24.8 Å². The smallest absolute Gasteiger partial charge is 0.193 e. The highest BCUT2D eigenvalue weighted by atomic mass is 32.1. The number of nitrogens with zero attached hydrogens (tertiary/aromatic N) is 2. The van der Waals surface area contributed by atoms with E-state index in [4.69, 9.17) is 9.47 Å². The Hall–Kier alpha value is -1.11. The number of hydrogen-bond acceptors (Lipinski definition) is 4. The van der Waals surface area contributed by atoms with Gasteiger partial charge in [0.05, 0.1) is 0 Å². The lowest BCUT2D eigenvalue weighted by Crippen LogP contribution is -2.39. The largest absolute Gasteiger partial charge is 0.381 e. The van der Waals surface area contributed by atoms with Crippen LogP contribution in [0.5, 0.6) is 0 Å². The van der Waals surface area contributed by atoms with Gasteiger partial charge in [0.1, 0.15) is 0 Å². The molecule has 130 valence electrons. The van der Waals surface area contributed by atoms with E-state index < -0.39 is 0 Å². The molecule has 0 unspecified atom stereocenters. The molecule has 1 saturated heterocycles. The molecule has 0 amide bonds. The number of guanidine groups is 1. The molecule has 0 atom stereocenters.